The third-order valence-corrected chi connectivity index (χ3v) is 1.86. The SMILES string of the molecule is COc1cc(CCCCO)oc(=O)c1. The lowest BCUT2D eigenvalue weighted by Crippen LogP contribution is -2.01. The van der Waals surface area contributed by atoms with Crippen molar-refractivity contribution in [2.75, 3.05) is 13.7 Å². The quantitative estimate of drug-likeness (QED) is 0.716. The molecule has 1 N–H and O–H groups in total. The van der Waals surface area contributed by atoms with Crippen molar-refractivity contribution >= 4 is 0 Å². The van der Waals surface area contributed by atoms with Crippen LogP contribution in [0.4, 0.5) is 0 Å². The topological polar surface area (TPSA) is 59.7 Å². The third kappa shape index (κ3) is 3.22. The normalized spacial score (nSPS) is 10.1. The van der Waals surface area contributed by atoms with Crippen molar-refractivity contribution in [2.24, 2.45) is 0 Å². The highest BCUT2D eigenvalue weighted by Gasteiger charge is 2.01. The van der Waals surface area contributed by atoms with E-state index in [1.54, 1.807) is 6.07 Å². The molecular formula is C10H14O4. The molecule has 0 unspecified atom stereocenters. The maximum Gasteiger partial charge on any atom is 0.339 e. The molecule has 14 heavy (non-hydrogen) atoms. The van der Waals surface area contributed by atoms with Gasteiger partial charge in [-0.3, -0.25) is 0 Å². The maximum absolute atomic E-state index is 11.0. The van der Waals surface area contributed by atoms with E-state index in [1.807, 2.05) is 0 Å². The molecule has 0 bridgehead atoms. The number of aryl methyl sites for hydroxylation is 1. The van der Waals surface area contributed by atoms with Gasteiger partial charge in [-0.05, 0) is 12.8 Å². The van der Waals surface area contributed by atoms with Gasteiger partial charge >= 0.3 is 5.63 Å². The van der Waals surface area contributed by atoms with Gasteiger partial charge in [0.2, 0.25) is 0 Å². The molecule has 1 aromatic rings. The third-order valence-electron chi connectivity index (χ3n) is 1.86. The first-order valence-corrected chi connectivity index (χ1v) is 4.55. The summed E-state index contributed by atoms with van der Waals surface area (Å²) in [6, 6.07) is 2.99. The van der Waals surface area contributed by atoms with E-state index in [9.17, 15) is 4.79 Å². The molecule has 0 saturated heterocycles. The van der Waals surface area contributed by atoms with E-state index in [4.69, 9.17) is 14.3 Å². The number of ether oxygens (including phenoxy) is 1. The van der Waals surface area contributed by atoms with Crippen molar-refractivity contribution in [1.82, 2.24) is 0 Å². The molecule has 78 valence electrons. The second kappa shape index (κ2) is 5.44. The Bertz CT molecular complexity index is 329. The lowest BCUT2D eigenvalue weighted by atomic mass is 10.2. The molecule has 0 aliphatic rings. The summed E-state index contributed by atoms with van der Waals surface area (Å²) in [5.74, 6) is 1.11. The van der Waals surface area contributed by atoms with Crippen LogP contribution in [0, 0.1) is 0 Å². The lowest BCUT2D eigenvalue weighted by Gasteiger charge is -2.01. The summed E-state index contributed by atoms with van der Waals surface area (Å²) in [6.45, 7) is 0.161. The van der Waals surface area contributed by atoms with Gasteiger partial charge < -0.3 is 14.3 Å². The van der Waals surface area contributed by atoms with Crippen LogP contribution in [0.15, 0.2) is 21.3 Å². The predicted molar refractivity (Wildman–Crippen MR) is 51.6 cm³/mol. The van der Waals surface area contributed by atoms with E-state index in [0.717, 1.165) is 6.42 Å². The van der Waals surface area contributed by atoms with Crippen LogP contribution in [-0.2, 0) is 6.42 Å². The molecular weight excluding hydrogens is 184 g/mol. The Hall–Kier alpha value is -1.29. The highest BCUT2D eigenvalue weighted by molar-refractivity contribution is 5.20. The van der Waals surface area contributed by atoms with Gasteiger partial charge in [-0.25, -0.2) is 4.79 Å². The van der Waals surface area contributed by atoms with Gasteiger partial charge in [0.15, 0.2) is 0 Å². The molecule has 0 radical (unpaired) electrons. The van der Waals surface area contributed by atoms with Crippen LogP contribution in [0.25, 0.3) is 0 Å². The second-order valence-corrected chi connectivity index (χ2v) is 2.96. The zero-order valence-electron chi connectivity index (χ0n) is 8.16. The lowest BCUT2D eigenvalue weighted by molar-refractivity contribution is 0.282. The van der Waals surface area contributed by atoms with E-state index in [1.165, 1.54) is 13.2 Å². The highest BCUT2D eigenvalue weighted by atomic mass is 16.5. The zero-order chi connectivity index (χ0) is 10.4. The second-order valence-electron chi connectivity index (χ2n) is 2.96. The summed E-state index contributed by atoms with van der Waals surface area (Å²) < 4.78 is 9.88. The summed E-state index contributed by atoms with van der Waals surface area (Å²) in [4.78, 5) is 11.0. The molecule has 0 spiro atoms. The number of hydrogen-bond donors (Lipinski definition) is 1. The van der Waals surface area contributed by atoms with Crippen LogP contribution in [0.2, 0.25) is 0 Å². The van der Waals surface area contributed by atoms with E-state index in [-0.39, 0.29) is 6.61 Å². The van der Waals surface area contributed by atoms with Gasteiger partial charge in [0.1, 0.15) is 11.5 Å². The molecule has 0 saturated carbocycles. The first kappa shape index (κ1) is 10.8. The molecule has 0 aromatic carbocycles. The Morgan fingerprint density at radius 1 is 1.43 bits per heavy atom. The van der Waals surface area contributed by atoms with Crippen molar-refractivity contribution in [1.29, 1.82) is 0 Å². The Balaban J connectivity index is 2.67. The van der Waals surface area contributed by atoms with Crippen molar-refractivity contribution in [3.8, 4) is 5.75 Å². The van der Waals surface area contributed by atoms with Crippen molar-refractivity contribution in [2.45, 2.75) is 19.3 Å². The summed E-state index contributed by atoms with van der Waals surface area (Å²) in [5.41, 5.74) is -0.400. The fourth-order valence-electron chi connectivity index (χ4n) is 1.16. The number of aliphatic hydroxyl groups is 1. The van der Waals surface area contributed by atoms with Gasteiger partial charge in [-0.15, -0.1) is 0 Å². The van der Waals surface area contributed by atoms with Gasteiger partial charge in [-0.2, -0.15) is 0 Å². The molecule has 4 heteroatoms. The summed E-state index contributed by atoms with van der Waals surface area (Å²) in [5, 5.41) is 8.58. The first-order chi connectivity index (χ1) is 6.76. The van der Waals surface area contributed by atoms with Crippen molar-refractivity contribution in [3.63, 3.8) is 0 Å². The molecule has 0 aliphatic heterocycles. The number of aliphatic hydroxyl groups excluding tert-OH is 1. The van der Waals surface area contributed by atoms with E-state index in [2.05, 4.69) is 0 Å². The minimum Gasteiger partial charge on any atom is -0.496 e. The zero-order valence-corrected chi connectivity index (χ0v) is 8.16. The molecule has 0 aliphatic carbocycles. The van der Waals surface area contributed by atoms with Crippen LogP contribution in [0.3, 0.4) is 0 Å². The largest absolute Gasteiger partial charge is 0.496 e. The Morgan fingerprint density at radius 2 is 2.21 bits per heavy atom. The maximum atomic E-state index is 11.0. The Kier molecular flexibility index (Phi) is 4.19. The summed E-state index contributed by atoms with van der Waals surface area (Å²) in [7, 11) is 1.51. The Morgan fingerprint density at radius 3 is 2.86 bits per heavy atom. The number of unbranched alkanes of at least 4 members (excludes halogenated alkanes) is 1. The highest BCUT2D eigenvalue weighted by Crippen LogP contribution is 2.11. The van der Waals surface area contributed by atoms with Crippen LogP contribution in [0.5, 0.6) is 5.75 Å². The van der Waals surface area contributed by atoms with Gasteiger partial charge in [0, 0.05) is 19.1 Å². The molecule has 0 amide bonds. The van der Waals surface area contributed by atoms with E-state index in [0.29, 0.717) is 24.4 Å². The van der Waals surface area contributed by atoms with Crippen LogP contribution >= 0.6 is 0 Å². The standard InChI is InChI=1S/C10H14O4/c1-13-9-6-8(4-2-3-5-11)14-10(12)7-9/h6-7,11H,2-5H2,1H3. The van der Waals surface area contributed by atoms with E-state index >= 15 is 0 Å². The van der Waals surface area contributed by atoms with Crippen LogP contribution in [-0.4, -0.2) is 18.8 Å². The molecule has 0 atom stereocenters. The minimum absolute atomic E-state index is 0.161. The van der Waals surface area contributed by atoms with E-state index < -0.39 is 5.63 Å². The molecule has 4 nitrogen and oxygen atoms in total. The van der Waals surface area contributed by atoms with Gasteiger partial charge in [0.25, 0.3) is 0 Å². The monoisotopic (exact) mass is 198 g/mol. The average molecular weight is 198 g/mol. The summed E-state index contributed by atoms with van der Waals surface area (Å²) >= 11 is 0. The fourth-order valence-corrected chi connectivity index (χ4v) is 1.16. The molecule has 1 rings (SSSR count). The number of rotatable bonds is 5. The molecule has 1 heterocycles. The van der Waals surface area contributed by atoms with Crippen LogP contribution in [0.1, 0.15) is 18.6 Å². The fraction of sp³-hybridized carbons (Fsp3) is 0.500. The van der Waals surface area contributed by atoms with Crippen molar-refractivity contribution in [3.05, 3.63) is 28.3 Å². The Labute approximate surface area is 82.1 Å². The molecule has 0 fully saturated rings. The van der Waals surface area contributed by atoms with Crippen LogP contribution < -0.4 is 10.4 Å². The predicted octanol–water partition coefficient (Wildman–Crippen LogP) is 0.963. The smallest absolute Gasteiger partial charge is 0.339 e. The van der Waals surface area contributed by atoms with Gasteiger partial charge in [-0.1, -0.05) is 0 Å². The minimum atomic E-state index is -0.400. The molecule has 1 aromatic heterocycles. The van der Waals surface area contributed by atoms with Gasteiger partial charge in [0.05, 0.1) is 13.2 Å². The average Bonchev–Trinajstić information content (AvgIpc) is 2.17. The van der Waals surface area contributed by atoms with Crippen molar-refractivity contribution < 1.29 is 14.3 Å². The first-order valence-electron chi connectivity index (χ1n) is 4.55. The number of hydrogen-bond acceptors (Lipinski definition) is 4. The number of methoxy groups -OCH3 is 1. The summed E-state index contributed by atoms with van der Waals surface area (Å²) in [6.07, 6.45) is 2.15.